The molecule has 6 rings (SSSR count). The highest BCUT2D eigenvalue weighted by molar-refractivity contribution is 9.11. The Morgan fingerprint density at radius 1 is 0.402 bits per heavy atom. The van der Waals surface area contributed by atoms with E-state index in [9.17, 15) is 20.1 Å². The first-order chi connectivity index (χ1) is 42.7. The van der Waals surface area contributed by atoms with Gasteiger partial charge in [-0.15, -0.1) is 0 Å². The third-order valence-corrected chi connectivity index (χ3v) is 17.0. The van der Waals surface area contributed by atoms with Crippen LogP contribution in [0.3, 0.4) is 0 Å². The fraction of sp³-hybridized carbons (Fsp3) is 0.306. The van der Waals surface area contributed by atoms with Gasteiger partial charge in [-0.3, -0.25) is 9.59 Å². The van der Waals surface area contributed by atoms with Crippen LogP contribution in [0.25, 0.3) is 12.2 Å². The van der Waals surface area contributed by atoms with Crippen LogP contribution in [-0.4, -0.2) is 34.7 Å². The third-order valence-electron chi connectivity index (χ3n) is 12.6. The van der Waals surface area contributed by atoms with Gasteiger partial charge in [-0.1, -0.05) is 182 Å². The van der Waals surface area contributed by atoms with Crippen molar-refractivity contribution in [3.63, 3.8) is 0 Å². The lowest BCUT2D eigenvalue weighted by Gasteiger charge is -2.25. The number of carbonyl (C=O) groups is 2. The van der Waals surface area contributed by atoms with Gasteiger partial charge in [-0.25, -0.2) is 0 Å². The van der Waals surface area contributed by atoms with Gasteiger partial charge in [-0.05, 0) is 210 Å². The first-order valence-corrected chi connectivity index (χ1v) is 32.9. The summed E-state index contributed by atoms with van der Waals surface area (Å²) in [5.41, 5.74) is 25.5. The topological polar surface area (TPSA) is 294 Å². The number of nitrogens with zero attached hydrogens (tertiary/aromatic N) is 8. The number of nitriles is 6. The normalized spacial score (nSPS) is 11.0. The number of hydrogen-bond acceptors (Lipinski definition) is 12. The molecule has 0 spiro atoms. The van der Waals surface area contributed by atoms with Gasteiger partial charge in [0.2, 0.25) is 0 Å². The van der Waals surface area contributed by atoms with Crippen LogP contribution in [0.5, 0.6) is 0 Å². The van der Waals surface area contributed by atoms with E-state index < -0.39 is 0 Å². The Morgan fingerprint density at radius 2 is 0.674 bits per heavy atom. The second-order valence-corrected chi connectivity index (χ2v) is 30.8. The molecule has 0 atom stereocenters. The SMILES string of the molecule is C=Cc1cc(C#N)c(C=C)cc1C#N.CC(C)(C)Cc1cc(/C(N)=N/O)c(CC(C)(C)C)cc1/C(N)=N/O.CC(C)(C)Cc1cc(C#N)c(CC(C)(C)C)cc1C#N.Cc1cc(Br)c(C)cc1Br.N#Cc1cc(Br)c(C#N)cc1Br.O=Cc1cc(Br)c(C=O)cc1Br. The number of carbonyl (C=O) groups excluding carboxylic acids is 2. The van der Waals surface area contributed by atoms with Gasteiger partial charge in [-0.2, -0.15) is 31.6 Å². The molecule has 0 saturated heterocycles. The molecule has 0 heterocycles. The molecule has 14 nitrogen and oxygen atoms in total. The van der Waals surface area contributed by atoms with Crippen molar-refractivity contribution in [1.82, 2.24) is 0 Å². The second-order valence-electron chi connectivity index (χ2n) is 25.7. The number of aryl methyl sites for hydroxylation is 2. The summed E-state index contributed by atoms with van der Waals surface area (Å²) in [5.74, 6) is 0.130. The maximum absolute atomic E-state index is 10.4. The lowest BCUT2D eigenvalue weighted by Crippen LogP contribution is -2.24. The molecular formula is C72H76Br6N10O4. The summed E-state index contributed by atoms with van der Waals surface area (Å²) in [6, 6.07) is 34.2. The maximum Gasteiger partial charge on any atom is 0.170 e. The summed E-state index contributed by atoms with van der Waals surface area (Å²) in [5, 5.41) is 78.2. The van der Waals surface area contributed by atoms with E-state index in [4.69, 9.17) is 42.9 Å². The Balaban J connectivity index is 0.000000567. The average Bonchev–Trinajstić information content (AvgIpc) is 0.858. The summed E-state index contributed by atoms with van der Waals surface area (Å²) >= 11 is 19.6. The number of benzene rings is 6. The standard InChI is InChI=1S/C18H30N4O2.C18H24N2.C12H8N2.C8H2Br2N2.C8H4Br2O2.C8H8Br2/c1-17(2,3)9-11-7-14(16(20)22-24)12(10-18(4,5)6)8-13(11)15(19)21-23;1-17(2,3)9-13-7-16(12-20)14(8-15(13)11-19)10-18(4,5)6;1-3-9-5-12(8-14)10(4-2)6-11(9)7-13;2*9-7-1-5(3-11)8(10)2-6(7)4-12;1-5-3-8(10)6(2)4-7(5)9/h7-8,23-24H,9-10H2,1-6H3,(H2,19,21)(H2,20,22);7-8H,9-10H2,1-6H3;3-6H,1-2H2;1-2H;1-4H;3-4H,1-2H3. The van der Waals surface area contributed by atoms with Crippen LogP contribution in [0.15, 0.2) is 123 Å². The maximum atomic E-state index is 10.4. The van der Waals surface area contributed by atoms with Crippen molar-refractivity contribution < 1.29 is 20.0 Å². The highest BCUT2D eigenvalue weighted by atomic mass is 79.9. The molecule has 20 heteroatoms. The molecule has 0 unspecified atom stereocenters. The predicted octanol–water partition coefficient (Wildman–Crippen LogP) is 20.0. The van der Waals surface area contributed by atoms with Gasteiger partial charge in [0.1, 0.15) is 12.1 Å². The van der Waals surface area contributed by atoms with E-state index in [1.165, 1.54) is 20.1 Å². The van der Waals surface area contributed by atoms with Crippen molar-refractivity contribution in [1.29, 1.82) is 31.6 Å². The Morgan fingerprint density at radius 3 is 0.902 bits per heavy atom. The average molecular weight is 1620 g/mol. The van der Waals surface area contributed by atoms with E-state index in [2.05, 4.69) is 240 Å². The molecule has 6 aromatic carbocycles. The summed E-state index contributed by atoms with van der Waals surface area (Å²) in [6.07, 6.45) is 7.60. The number of oxime groups is 2. The number of aldehydes is 2. The summed E-state index contributed by atoms with van der Waals surface area (Å²) < 4.78 is 4.89. The lowest BCUT2D eigenvalue weighted by molar-refractivity contribution is 0.111. The Labute approximate surface area is 593 Å². The summed E-state index contributed by atoms with van der Waals surface area (Å²) in [7, 11) is 0. The minimum Gasteiger partial charge on any atom is -0.409 e. The van der Waals surface area contributed by atoms with Crippen molar-refractivity contribution in [2.45, 2.75) is 123 Å². The molecule has 6 aromatic rings. The highest BCUT2D eigenvalue weighted by Crippen LogP contribution is 2.33. The number of halogens is 6. The number of hydrogen-bond donors (Lipinski definition) is 4. The van der Waals surface area contributed by atoms with Gasteiger partial charge >= 0.3 is 0 Å². The zero-order valence-corrected chi connectivity index (χ0v) is 63.7. The number of amidine groups is 2. The first-order valence-electron chi connectivity index (χ1n) is 28.1. The predicted molar refractivity (Wildman–Crippen MR) is 391 cm³/mol. The van der Waals surface area contributed by atoms with E-state index >= 15 is 0 Å². The molecule has 0 aliphatic heterocycles. The van der Waals surface area contributed by atoms with Crippen LogP contribution >= 0.6 is 95.6 Å². The van der Waals surface area contributed by atoms with Gasteiger partial charge in [0, 0.05) is 49.1 Å². The van der Waals surface area contributed by atoms with Crippen LogP contribution < -0.4 is 11.5 Å². The fourth-order valence-electron chi connectivity index (χ4n) is 8.43. The van der Waals surface area contributed by atoms with Crippen LogP contribution in [0, 0.1) is 103 Å². The molecule has 0 aliphatic rings. The molecule has 480 valence electrons. The highest BCUT2D eigenvalue weighted by Gasteiger charge is 2.24. The molecule has 0 amide bonds. The minimum atomic E-state index is -0.00157. The zero-order chi connectivity index (χ0) is 70.8. The van der Waals surface area contributed by atoms with Crippen molar-refractivity contribution in [3.05, 3.63) is 213 Å². The van der Waals surface area contributed by atoms with Crippen LogP contribution in [-0.2, 0) is 25.7 Å². The smallest absolute Gasteiger partial charge is 0.170 e. The Bertz CT molecular complexity index is 3730. The number of nitrogens with two attached hydrogens (primary N) is 2. The summed E-state index contributed by atoms with van der Waals surface area (Å²) in [4.78, 5) is 20.9. The quantitative estimate of drug-likeness (QED) is 0.0327. The van der Waals surface area contributed by atoms with Crippen LogP contribution in [0.2, 0.25) is 0 Å². The second kappa shape index (κ2) is 37.9. The molecule has 92 heavy (non-hydrogen) atoms. The zero-order valence-electron chi connectivity index (χ0n) is 54.2. The monoisotopic (exact) mass is 1620 g/mol. The van der Waals surface area contributed by atoms with E-state index in [-0.39, 0.29) is 33.3 Å². The third kappa shape index (κ3) is 27.8. The number of rotatable bonds is 10. The lowest BCUT2D eigenvalue weighted by atomic mass is 9.81. The van der Waals surface area contributed by atoms with Gasteiger partial charge in [0.25, 0.3) is 0 Å². The van der Waals surface area contributed by atoms with E-state index in [0.29, 0.717) is 97.5 Å². The summed E-state index contributed by atoms with van der Waals surface area (Å²) in [6.45, 7) is 36.8. The van der Waals surface area contributed by atoms with Gasteiger partial charge in [0.15, 0.2) is 24.2 Å². The molecule has 0 bridgehead atoms. The van der Waals surface area contributed by atoms with Gasteiger partial charge in [0.05, 0.1) is 57.7 Å². The molecule has 6 N–H and O–H groups in total. The molecule has 0 aromatic heterocycles. The molecule has 0 saturated carbocycles. The van der Waals surface area contributed by atoms with E-state index in [1.54, 1.807) is 48.6 Å². The molecule has 0 radical (unpaired) electrons. The van der Waals surface area contributed by atoms with Crippen molar-refractivity contribution in [3.8, 4) is 36.4 Å². The van der Waals surface area contributed by atoms with Crippen molar-refractivity contribution >= 4 is 132 Å². The van der Waals surface area contributed by atoms with Crippen molar-refractivity contribution in [2.24, 2.45) is 43.4 Å². The molecular weight excluding hydrogens is 1550 g/mol. The van der Waals surface area contributed by atoms with E-state index in [0.717, 1.165) is 47.7 Å². The fourth-order valence-corrected chi connectivity index (χ4v) is 11.1. The van der Waals surface area contributed by atoms with Crippen molar-refractivity contribution in [2.75, 3.05) is 0 Å². The Kier molecular flexibility index (Phi) is 34.0. The molecule has 0 fully saturated rings. The van der Waals surface area contributed by atoms with Crippen LogP contribution in [0.4, 0.5) is 0 Å². The van der Waals surface area contributed by atoms with Crippen LogP contribution in [0.1, 0.15) is 193 Å². The Hall–Kier alpha value is -7.50. The largest absolute Gasteiger partial charge is 0.409 e. The molecule has 0 aliphatic carbocycles. The first kappa shape index (κ1) is 82.5. The van der Waals surface area contributed by atoms with E-state index in [1.807, 2.05) is 48.5 Å². The van der Waals surface area contributed by atoms with Gasteiger partial charge < -0.3 is 21.9 Å². The minimum absolute atomic E-state index is 0.00157.